The van der Waals surface area contributed by atoms with Crippen LogP contribution in [0, 0.1) is 13.8 Å². The Morgan fingerprint density at radius 1 is 1.26 bits per heavy atom. The fourth-order valence-corrected chi connectivity index (χ4v) is 2.32. The lowest BCUT2D eigenvalue weighted by Crippen LogP contribution is -2.32. The van der Waals surface area contributed by atoms with Gasteiger partial charge in [-0.2, -0.15) is 0 Å². The van der Waals surface area contributed by atoms with Crippen LogP contribution in [0.25, 0.3) is 0 Å². The van der Waals surface area contributed by atoms with Gasteiger partial charge in [0.15, 0.2) is 0 Å². The molecule has 0 bridgehead atoms. The van der Waals surface area contributed by atoms with Crippen molar-refractivity contribution in [1.82, 2.24) is 5.32 Å². The summed E-state index contributed by atoms with van der Waals surface area (Å²) < 4.78 is 5.60. The van der Waals surface area contributed by atoms with Crippen LogP contribution >= 0.6 is 0 Å². The second-order valence-electron chi connectivity index (χ2n) is 6.03. The van der Waals surface area contributed by atoms with Gasteiger partial charge in [0.1, 0.15) is 0 Å². The Balaban J connectivity index is 2.98. The highest BCUT2D eigenvalue weighted by atomic mass is 16.5. The van der Waals surface area contributed by atoms with Crippen LogP contribution in [0.5, 0.6) is 0 Å². The lowest BCUT2D eigenvalue weighted by molar-refractivity contribution is 0.00680. The van der Waals surface area contributed by atoms with Gasteiger partial charge in [0.25, 0.3) is 0 Å². The summed E-state index contributed by atoms with van der Waals surface area (Å²) >= 11 is 0. The molecule has 0 radical (unpaired) electrons. The highest BCUT2D eigenvalue weighted by molar-refractivity contribution is 5.33. The summed E-state index contributed by atoms with van der Waals surface area (Å²) in [7, 11) is 1.79. The maximum atomic E-state index is 5.60. The van der Waals surface area contributed by atoms with Gasteiger partial charge >= 0.3 is 0 Å². The number of nitrogens with one attached hydrogen (secondary N) is 1. The lowest BCUT2D eigenvalue weighted by atomic mass is 9.90. The zero-order valence-electron chi connectivity index (χ0n) is 13.3. The SMILES string of the molecule is CCCNC(CC(C)(C)OC)c1cc(C)ccc1C. The van der Waals surface area contributed by atoms with E-state index in [-0.39, 0.29) is 5.60 Å². The van der Waals surface area contributed by atoms with Gasteiger partial charge in [-0.25, -0.2) is 0 Å². The van der Waals surface area contributed by atoms with Crippen molar-refractivity contribution in [2.24, 2.45) is 0 Å². The number of ether oxygens (including phenoxy) is 1. The number of methoxy groups -OCH3 is 1. The molecule has 0 aliphatic carbocycles. The molecular weight excluding hydrogens is 234 g/mol. The Hall–Kier alpha value is -0.860. The average Bonchev–Trinajstić information content (AvgIpc) is 2.37. The number of rotatable bonds is 7. The average molecular weight is 263 g/mol. The van der Waals surface area contributed by atoms with Gasteiger partial charge in [0.05, 0.1) is 5.60 Å². The van der Waals surface area contributed by atoms with Crippen molar-refractivity contribution < 1.29 is 4.74 Å². The topological polar surface area (TPSA) is 21.3 Å². The second kappa shape index (κ2) is 7.06. The number of aryl methyl sites for hydroxylation is 2. The van der Waals surface area contributed by atoms with E-state index in [1.807, 2.05) is 0 Å². The Morgan fingerprint density at radius 3 is 2.53 bits per heavy atom. The zero-order valence-corrected chi connectivity index (χ0v) is 13.3. The quantitative estimate of drug-likeness (QED) is 0.797. The summed E-state index contributed by atoms with van der Waals surface area (Å²) in [5.41, 5.74) is 3.96. The van der Waals surface area contributed by atoms with Crippen LogP contribution < -0.4 is 5.32 Å². The molecule has 1 unspecified atom stereocenters. The van der Waals surface area contributed by atoms with E-state index in [1.165, 1.54) is 16.7 Å². The van der Waals surface area contributed by atoms with Crippen molar-refractivity contribution in [3.63, 3.8) is 0 Å². The van der Waals surface area contributed by atoms with E-state index in [4.69, 9.17) is 4.74 Å². The summed E-state index contributed by atoms with van der Waals surface area (Å²) in [6.07, 6.45) is 2.13. The minimum Gasteiger partial charge on any atom is -0.379 e. The lowest BCUT2D eigenvalue weighted by Gasteiger charge is -2.30. The normalized spacial score (nSPS) is 13.6. The summed E-state index contributed by atoms with van der Waals surface area (Å²) in [4.78, 5) is 0. The largest absolute Gasteiger partial charge is 0.379 e. The first-order valence-electron chi connectivity index (χ1n) is 7.25. The molecule has 0 heterocycles. The molecule has 1 rings (SSSR count). The third-order valence-electron chi connectivity index (χ3n) is 3.70. The first-order chi connectivity index (χ1) is 8.89. The van der Waals surface area contributed by atoms with Crippen LogP contribution in [0.4, 0.5) is 0 Å². The van der Waals surface area contributed by atoms with E-state index in [2.05, 4.69) is 58.1 Å². The molecule has 19 heavy (non-hydrogen) atoms. The highest BCUT2D eigenvalue weighted by Gasteiger charge is 2.24. The Labute approximate surface area is 118 Å². The molecule has 1 N–H and O–H groups in total. The molecule has 0 saturated heterocycles. The van der Waals surface area contributed by atoms with Gasteiger partial charge in [-0.3, -0.25) is 0 Å². The predicted molar refractivity (Wildman–Crippen MR) is 82.7 cm³/mol. The van der Waals surface area contributed by atoms with Gasteiger partial charge in [-0.15, -0.1) is 0 Å². The minimum absolute atomic E-state index is 0.110. The molecule has 1 aromatic rings. The summed E-state index contributed by atoms with van der Waals surface area (Å²) in [6, 6.07) is 7.05. The van der Waals surface area contributed by atoms with Crippen LogP contribution in [0.3, 0.4) is 0 Å². The van der Waals surface area contributed by atoms with Crippen molar-refractivity contribution >= 4 is 0 Å². The number of hydrogen-bond donors (Lipinski definition) is 1. The van der Waals surface area contributed by atoms with E-state index < -0.39 is 0 Å². The Morgan fingerprint density at radius 2 is 1.95 bits per heavy atom. The Bertz CT molecular complexity index is 398. The molecular formula is C17H29NO. The van der Waals surface area contributed by atoms with E-state index >= 15 is 0 Å². The van der Waals surface area contributed by atoms with E-state index in [0.29, 0.717) is 6.04 Å². The van der Waals surface area contributed by atoms with E-state index in [9.17, 15) is 0 Å². The van der Waals surface area contributed by atoms with Crippen molar-refractivity contribution in [2.45, 2.75) is 59.1 Å². The smallest absolute Gasteiger partial charge is 0.0640 e. The summed E-state index contributed by atoms with van der Waals surface area (Å²) in [6.45, 7) is 11.9. The molecule has 2 nitrogen and oxygen atoms in total. The van der Waals surface area contributed by atoms with Crippen LogP contribution in [0.1, 0.15) is 56.3 Å². The van der Waals surface area contributed by atoms with Gasteiger partial charge in [0.2, 0.25) is 0 Å². The first-order valence-corrected chi connectivity index (χ1v) is 7.25. The van der Waals surface area contributed by atoms with Gasteiger partial charge in [0, 0.05) is 13.2 Å². The number of benzene rings is 1. The molecule has 0 spiro atoms. The van der Waals surface area contributed by atoms with Crippen molar-refractivity contribution in [1.29, 1.82) is 0 Å². The molecule has 0 amide bonds. The molecule has 1 aromatic carbocycles. The second-order valence-corrected chi connectivity index (χ2v) is 6.03. The summed E-state index contributed by atoms with van der Waals surface area (Å²) in [5, 5.41) is 3.66. The first kappa shape index (κ1) is 16.2. The molecule has 0 fully saturated rings. The molecule has 0 aliphatic heterocycles. The fourth-order valence-electron chi connectivity index (χ4n) is 2.32. The predicted octanol–water partition coefficient (Wildman–Crippen LogP) is 4.16. The fraction of sp³-hybridized carbons (Fsp3) is 0.647. The third-order valence-corrected chi connectivity index (χ3v) is 3.70. The molecule has 1 atom stereocenters. The molecule has 0 saturated carbocycles. The van der Waals surface area contributed by atoms with Gasteiger partial charge in [-0.1, -0.05) is 30.7 Å². The van der Waals surface area contributed by atoms with Gasteiger partial charge in [-0.05, 0) is 58.2 Å². The van der Waals surface area contributed by atoms with Crippen LogP contribution in [-0.2, 0) is 4.74 Å². The van der Waals surface area contributed by atoms with E-state index in [0.717, 1.165) is 19.4 Å². The van der Waals surface area contributed by atoms with E-state index in [1.54, 1.807) is 7.11 Å². The monoisotopic (exact) mass is 263 g/mol. The molecule has 0 aromatic heterocycles. The molecule has 108 valence electrons. The van der Waals surface area contributed by atoms with Crippen molar-refractivity contribution in [2.75, 3.05) is 13.7 Å². The van der Waals surface area contributed by atoms with Crippen LogP contribution in [0.15, 0.2) is 18.2 Å². The summed E-state index contributed by atoms with van der Waals surface area (Å²) in [5.74, 6) is 0. The standard InChI is InChI=1S/C17H29NO/c1-7-10-18-16(12-17(4,5)19-6)15-11-13(2)8-9-14(15)3/h8-9,11,16,18H,7,10,12H2,1-6H3. The van der Waals surface area contributed by atoms with Crippen LogP contribution in [-0.4, -0.2) is 19.3 Å². The maximum absolute atomic E-state index is 5.60. The Kier molecular flexibility index (Phi) is 6.02. The molecule has 0 aliphatic rings. The third kappa shape index (κ3) is 4.96. The van der Waals surface area contributed by atoms with Gasteiger partial charge < -0.3 is 10.1 Å². The van der Waals surface area contributed by atoms with Crippen molar-refractivity contribution in [3.05, 3.63) is 34.9 Å². The highest BCUT2D eigenvalue weighted by Crippen LogP contribution is 2.28. The van der Waals surface area contributed by atoms with Crippen LogP contribution in [0.2, 0.25) is 0 Å². The number of hydrogen-bond acceptors (Lipinski definition) is 2. The minimum atomic E-state index is -0.110. The van der Waals surface area contributed by atoms with Crippen molar-refractivity contribution in [3.8, 4) is 0 Å². The zero-order chi connectivity index (χ0) is 14.5. The maximum Gasteiger partial charge on any atom is 0.0640 e. The molecule has 2 heteroatoms.